The zero-order chi connectivity index (χ0) is 15.4. The summed E-state index contributed by atoms with van der Waals surface area (Å²) in [5.74, 6) is -0.131. The third-order valence-electron chi connectivity index (χ3n) is 2.99. The maximum absolute atomic E-state index is 11.7. The van der Waals surface area contributed by atoms with Crippen molar-refractivity contribution in [2.24, 2.45) is 0 Å². The summed E-state index contributed by atoms with van der Waals surface area (Å²) < 4.78 is 6.32. The number of nitrogens with two attached hydrogens (primary N) is 1. The number of rotatable bonds is 5. The smallest absolute Gasteiger partial charge is 0.360 e. The number of esters is 1. The van der Waals surface area contributed by atoms with Gasteiger partial charge in [-0.2, -0.15) is 0 Å². The van der Waals surface area contributed by atoms with Gasteiger partial charge >= 0.3 is 5.97 Å². The molecule has 2 N–H and O–H groups in total. The fraction of sp³-hybridized carbons (Fsp3) is 0.462. The Balaban J connectivity index is 2.41. The number of aromatic nitrogens is 5. The van der Waals surface area contributed by atoms with Gasteiger partial charge in [-0.25, -0.2) is 14.8 Å². The monoisotopic (exact) mass is 290 g/mol. The van der Waals surface area contributed by atoms with Crippen molar-refractivity contribution in [1.29, 1.82) is 0 Å². The quantitative estimate of drug-likeness (QED) is 0.816. The standard InChI is InChI=1S/C13H18N6O2/c1-4-8-9(5-2)17-18-13(16-8)19-7-15-10(11(19)14)12(20)21-6-3/h7H,4-6,14H2,1-3H3. The molecule has 0 saturated heterocycles. The molecule has 0 aliphatic carbocycles. The molecule has 8 heteroatoms. The van der Waals surface area contributed by atoms with Crippen molar-refractivity contribution in [3.63, 3.8) is 0 Å². The molecule has 2 heterocycles. The second-order valence-electron chi connectivity index (χ2n) is 4.28. The van der Waals surface area contributed by atoms with Crippen LogP contribution in [0.15, 0.2) is 6.33 Å². The van der Waals surface area contributed by atoms with Crippen LogP contribution in [0.4, 0.5) is 5.82 Å². The average molecular weight is 290 g/mol. The number of carbonyl (C=O) groups excluding carboxylic acids is 1. The van der Waals surface area contributed by atoms with Gasteiger partial charge in [0, 0.05) is 0 Å². The first-order chi connectivity index (χ1) is 10.1. The molecule has 0 aromatic carbocycles. The summed E-state index contributed by atoms with van der Waals surface area (Å²) in [6.07, 6.45) is 2.89. The molecule has 8 nitrogen and oxygen atoms in total. The van der Waals surface area contributed by atoms with Gasteiger partial charge in [-0.3, -0.25) is 4.57 Å². The molecule has 0 amide bonds. The molecule has 112 valence electrons. The van der Waals surface area contributed by atoms with Crippen molar-refractivity contribution < 1.29 is 9.53 Å². The van der Waals surface area contributed by atoms with Gasteiger partial charge in [0.1, 0.15) is 12.1 Å². The lowest BCUT2D eigenvalue weighted by atomic mass is 10.2. The molecular formula is C13H18N6O2. The van der Waals surface area contributed by atoms with Crippen LogP contribution < -0.4 is 5.73 Å². The Labute approximate surface area is 122 Å². The Morgan fingerprint density at radius 3 is 2.57 bits per heavy atom. The maximum atomic E-state index is 11.7. The van der Waals surface area contributed by atoms with E-state index >= 15 is 0 Å². The number of imidazole rings is 1. The van der Waals surface area contributed by atoms with Gasteiger partial charge in [0.15, 0.2) is 5.69 Å². The largest absolute Gasteiger partial charge is 0.461 e. The molecule has 0 bridgehead atoms. The zero-order valence-corrected chi connectivity index (χ0v) is 12.3. The van der Waals surface area contributed by atoms with Gasteiger partial charge in [-0.1, -0.05) is 13.8 Å². The van der Waals surface area contributed by atoms with E-state index in [1.807, 2.05) is 13.8 Å². The summed E-state index contributed by atoms with van der Waals surface area (Å²) in [5, 5.41) is 8.18. The van der Waals surface area contributed by atoms with Crippen LogP contribution in [0.1, 0.15) is 42.6 Å². The van der Waals surface area contributed by atoms with Crippen LogP contribution in [-0.4, -0.2) is 37.3 Å². The first kappa shape index (κ1) is 14.9. The lowest BCUT2D eigenvalue weighted by Crippen LogP contribution is -2.12. The third kappa shape index (κ3) is 2.83. The Hall–Kier alpha value is -2.51. The molecule has 0 radical (unpaired) electrons. The van der Waals surface area contributed by atoms with E-state index in [4.69, 9.17) is 10.5 Å². The predicted octanol–water partition coefficient (Wildman–Crippen LogP) is 0.941. The highest BCUT2D eigenvalue weighted by atomic mass is 16.5. The van der Waals surface area contributed by atoms with Crippen LogP contribution in [0.5, 0.6) is 0 Å². The maximum Gasteiger partial charge on any atom is 0.360 e. The predicted molar refractivity (Wildman–Crippen MR) is 76.1 cm³/mol. The van der Waals surface area contributed by atoms with E-state index < -0.39 is 5.97 Å². The van der Waals surface area contributed by atoms with E-state index in [0.29, 0.717) is 5.95 Å². The molecule has 2 aromatic heterocycles. The Morgan fingerprint density at radius 1 is 1.24 bits per heavy atom. The summed E-state index contributed by atoms with van der Waals surface area (Å²) in [5.41, 5.74) is 7.68. The first-order valence-corrected chi connectivity index (χ1v) is 6.85. The highest BCUT2D eigenvalue weighted by Gasteiger charge is 2.19. The fourth-order valence-corrected chi connectivity index (χ4v) is 1.90. The van der Waals surface area contributed by atoms with E-state index in [1.165, 1.54) is 10.9 Å². The number of hydrogen-bond acceptors (Lipinski definition) is 7. The number of nitrogens with zero attached hydrogens (tertiary/aromatic N) is 5. The minimum atomic E-state index is -0.567. The Bertz CT molecular complexity index is 652. The van der Waals surface area contributed by atoms with E-state index in [1.54, 1.807) is 6.92 Å². The van der Waals surface area contributed by atoms with Gasteiger partial charge in [-0.15, -0.1) is 10.2 Å². The lowest BCUT2D eigenvalue weighted by Gasteiger charge is -2.07. The van der Waals surface area contributed by atoms with Crippen molar-refractivity contribution in [1.82, 2.24) is 24.7 Å². The normalized spacial score (nSPS) is 10.6. The summed E-state index contributed by atoms with van der Waals surface area (Å²) in [6.45, 7) is 5.96. The molecule has 2 rings (SSSR count). The second-order valence-corrected chi connectivity index (χ2v) is 4.28. The Kier molecular flexibility index (Phi) is 4.46. The van der Waals surface area contributed by atoms with Crippen molar-refractivity contribution in [3.8, 4) is 5.95 Å². The van der Waals surface area contributed by atoms with Gasteiger partial charge in [-0.05, 0) is 19.8 Å². The molecular weight excluding hydrogens is 272 g/mol. The minimum absolute atomic E-state index is 0.0538. The van der Waals surface area contributed by atoms with Crippen molar-refractivity contribution >= 4 is 11.8 Å². The molecule has 0 aliphatic heterocycles. The zero-order valence-electron chi connectivity index (χ0n) is 12.3. The minimum Gasteiger partial charge on any atom is -0.461 e. The topological polar surface area (TPSA) is 109 Å². The number of anilines is 1. The van der Waals surface area contributed by atoms with E-state index in [2.05, 4.69) is 20.2 Å². The highest BCUT2D eigenvalue weighted by Crippen LogP contribution is 2.16. The van der Waals surface area contributed by atoms with Gasteiger partial charge in [0.05, 0.1) is 18.0 Å². The fourth-order valence-electron chi connectivity index (χ4n) is 1.90. The van der Waals surface area contributed by atoms with Crippen LogP contribution in [-0.2, 0) is 17.6 Å². The van der Waals surface area contributed by atoms with E-state index in [9.17, 15) is 4.79 Å². The molecule has 21 heavy (non-hydrogen) atoms. The lowest BCUT2D eigenvalue weighted by molar-refractivity contribution is 0.0521. The molecule has 0 spiro atoms. The number of ether oxygens (including phenoxy) is 1. The van der Waals surface area contributed by atoms with E-state index in [-0.39, 0.29) is 18.1 Å². The molecule has 0 aliphatic rings. The van der Waals surface area contributed by atoms with Crippen LogP contribution in [0, 0.1) is 0 Å². The van der Waals surface area contributed by atoms with Crippen LogP contribution >= 0.6 is 0 Å². The summed E-state index contributed by atoms with van der Waals surface area (Å²) in [4.78, 5) is 20.1. The number of carbonyl (C=O) groups is 1. The molecule has 0 atom stereocenters. The van der Waals surface area contributed by atoms with Gasteiger partial charge in [0.25, 0.3) is 5.95 Å². The van der Waals surface area contributed by atoms with Crippen LogP contribution in [0.3, 0.4) is 0 Å². The van der Waals surface area contributed by atoms with Crippen LogP contribution in [0.2, 0.25) is 0 Å². The summed E-state index contributed by atoms with van der Waals surface area (Å²) in [6, 6.07) is 0. The number of hydrogen-bond donors (Lipinski definition) is 1. The average Bonchev–Trinajstić information content (AvgIpc) is 2.88. The molecule has 2 aromatic rings. The van der Waals surface area contributed by atoms with Crippen molar-refractivity contribution in [3.05, 3.63) is 23.4 Å². The molecule has 0 fully saturated rings. The summed E-state index contributed by atoms with van der Waals surface area (Å²) >= 11 is 0. The van der Waals surface area contributed by atoms with Gasteiger partial charge in [0.2, 0.25) is 0 Å². The molecule has 0 unspecified atom stereocenters. The number of nitrogen functional groups attached to an aromatic ring is 1. The number of aryl methyl sites for hydroxylation is 2. The van der Waals surface area contributed by atoms with Crippen molar-refractivity contribution in [2.45, 2.75) is 33.6 Å². The van der Waals surface area contributed by atoms with Crippen LogP contribution in [0.25, 0.3) is 5.95 Å². The highest BCUT2D eigenvalue weighted by molar-refractivity contribution is 5.92. The van der Waals surface area contributed by atoms with Crippen molar-refractivity contribution in [2.75, 3.05) is 12.3 Å². The summed E-state index contributed by atoms with van der Waals surface area (Å²) in [7, 11) is 0. The van der Waals surface area contributed by atoms with Gasteiger partial charge < -0.3 is 10.5 Å². The molecule has 0 saturated carbocycles. The third-order valence-corrected chi connectivity index (χ3v) is 2.99. The van der Waals surface area contributed by atoms with E-state index in [0.717, 1.165) is 24.2 Å². The first-order valence-electron chi connectivity index (χ1n) is 6.85. The Morgan fingerprint density at radius 2 is 1.95 bits per heavy atom. The second kappa shape index (κ2) is 6.29. The SMILES string of the molecule is CCOC(=O)c1ncn(-c2nnc(CC)c(CC)n2)c1N.